The van der Waals surface area contributed by atoms with Crippen LogP contribution in [-0.4, -0.2) is 15.8 Å². The fraction of sp³-hybridized carbons (Fsp3) is 0.0909. The number of benzene rings is 3. The normalized spacial score (nSPS) is 10.8. The highest BCUT2D eigenvalue weighted by molar-refractivity contribution is 6.05. The number of nitrogens with zero attached hydrogens (tertiary/aromatic N) is 2. The van der Waals surface area contributed by atoms with Crippen LogP contribution in [-0.2, 0) is 0 Å². The molecular weight excluding hydrogens is 370 g/mol. The minimum absolute atomic E-state index is 0.0883. The van der Waals surface area contributed by atoms with Gasteiger partial charge < -0.3 is 9.73 Å². The zero-order valence-electron chi connectivity index (χ0n) is 15.8. The highest BCUT2D eigenvalue weighted by atomic mass is 16.6. The van der Waals surface area contributed by atoms with Crippen LogP contribution < -0.4 is 5.32 Å². The number of nitro groups is 1. The molecular formula is C22H17N3O4. The Morgan fingerprint density at radius 2 is 1.86 bits per heavy atom. The van der Waals surface area contributed by atoms with Crippen LogP contribution in [0, 0.1) is 24.0 Å². The summed E-state index contributed by atoms with van der Waals surface area (Å²) in [7, 11) is 0. The molecule has 1 aromatic heterocycles. The van der Waals surface area contributed by atoms with Crippen molar-refractivity contribution < 1.29 is 14.1 Å². The number of fused-ring (bicyclic) bond motifs is 1. The average Bonchev–Trinajstić information content (AvgIpc) is 3.13. The minimum Gasteiger partial charge on any atom is -0.436 e. The van der Waals surface area contributed by atoms with Gasteiger partial charge in [0, 0.05) is 28.4 Å². The van der Waals surface area contributed by atoms with Crippen LogP contribution in [0.25, 0.3) is 22.6 Å². The predicted octanol–water partition coefficient (Wildman–Crippen LogP) is 5.27. The lowest BCUT2D eigenvalue weighted by molar-refractivity contribution is -0.385. The monoisotopic (exact) mass is 387 g/mol. The molecule has 4 rings (SSSR count). The van der Waals surface area contributed by atoms with E-state index in [4.69, 9.17) is 4.42 Å². The number of aryl methyl sites for hydroxylation is 1. The summed E-state index contributed by atoms with van der Waals surface area (Å²) in [6.45, 7) is 3.49. The van der Waals surface area contributed by atoms with Crippen LogP contribution in [0.2, 0.25) is 0 Å². The number of amides is 1. The van der Waals surface area contributed by atoms with Crippen molar-refractivity contribution in [3.05, 3.63) is 87.5 Å². The molecule has 0 unspecified atom stereocenters. The van der Waals surface area contributed by atoms with E-state index in [0.29, 0.717) is 22.7 Å². The highest BCUT2D eigenvalue weighted by Gasteiger charge is 2.17. The Balaban J connectivity index is 1.66. The molecule has 0 fully saturated rings. The van der Waals surface area contributed by atoms with Crippen molar-refractivity contribution in [2.75, 3.05) is 5.32 Å². The van der Waals surface area contributed by atoms with Crippen LogP contribution in [0.15, 0.2) is 65.1 Å². The largest absolute Gasteiger partial charge is 0.436 e. The van der Waals surface area contributed by atoms with E-state index in [2.05, 4.69) is 10.3 Å². The fourth-order valence-electron chi connectivity index (χ4n) is 3.13. The summed E-state index contributed by atoms with van der Waals surface area (Å²) >= 11 is 0. The van der Waals surface area contributed by atoms with Crippen LogP contribution in [0.1, 0.15) is 21.5 Å². The highest BCUT2D eigenvalue weighted by Crippen LogP contribution is 2.31. The Morgan fingerprint density at radius 3 is 2.62 bits per heavy atom. The first-order valence-electron chi connectivity index (χ1n) is 8.96. The van der Waals surface area contributed by atoms with Crippen LogP contribution >= 0.6 is 0 Å². The number of oxazole rings is 1. The average molecular weight is 387 g/mol. The maximum Gasteiger partial charge on any atom is 0.273 e. The molecule has 0 atom stereocenters. The number of nitro benzene ring substituents is 1. The molecule has 1 N–H and O–H groups in total. The Kier molecular flexibility index (Phi) is 4.56. The first-order chi connectivity index (χ1) is 13.9. The predicted molar refractivity (Wildman–Crippen MR) is 110 cm³/mol. The van der Waals surface area contributed by atoms with Gasteiger partial charge in [0.2, 0.25) is 5.89 Å². The van der Waals surface area contributed by atoms with E-state index in [1.165, 1.54) is 6.07 Å². The van der Waals surface area contributed by atoms with Crippen LogP contribution in [0.4, 0.5) is 11.4 Å². The SMILES string of the molecule is Cc1ccc(C(=O)Nc2cccc(-c3nc4ccccc4o3)c2C)cc1[N+](=O)[O-]. The van der Waals surface area contributed by atoms with E-state index >= 15 is 0 Å². The van der Waals surface area contributed by atoms with E-state index < -0.39 is 10.8 Å². The third-order valence-electron chi connectivity index (χ3n) is 4.77. The third kappa shape index (κ3) is 3.45. The molecule has 4 aromatic rings. The first-order valence-corrected chi connectivity index (χ1v) is 8.96. The van der Waals surface area contributed by atoms with Gasteiger partial charge in [-0.25, -0.2) is 4.98 Å². The maximum absolute atomic E-state index is 12.7. The van der Waals surface area contributed by atoms with Crippen molar-refractivity contribution in [2.45, 2.75) is 13.8 Å². The van der Waals surface area contributed by atoms with Gasteiger partial charge in [-0.15, -0.1) is 0 Å². The van der Waals surface area contributed by atoms with Crippen molar-refractivity contribution in [3.8, 4) is 11.5 Å². The minimum atomic E-state index is -0.495. The van der Waals surface area contributed by atoms with Gasteiger partial charge in [0.1, 0.15) is 5.52 Å². The van der Waals surface area contributed by atoms with E-state index in [0.717, 1.165) is 16.6 Å². The van der Waals surface area contributed by atoms with Gasteiger partial charge in [-0.1, -0.05) is 24.3 Å². The number of nitrogens with one attached hydrogen (secondary N) is 1. The number of para-hydroxylation sites is 2. The zero-order valence-corrected chi connectivity index (χ0v) is 15.8. The van der Waals surface area contributed by atoms with Crippen molar-refractivity contribution in [2.24, 2.45) is 0 Å². The zero-order chi connectivity index (χ0) is 20.5. The van der Waals surface area contributed by atoms with Gasteiger partial charge in [0.15, 0.2) is 5.58 Å². The van der Waals surface area contributed by atoms with E-state index in [-0.39, 0.29) is 11.3 Å². The van der Waals surface area contributed by atoms with E-state index in [9.17, 15) is 14.9 Å². The summed E-state index contributed by atoms with van der Waals surface area (Å²) < 4.78 is 5.84. The lowest BCUT2D eigenvalue weighted by atomic mass is 10.1. The fourth-order valence-corrected chi connectivity index (χ4v) is 3.13. The third-order valence-corrected chi connectivity index (χ3v) is 4.77. The summed E-state index contributed by atoms with van der Waals surface area (Å²) in [6.07, 6.45) is 0. The van der Waals surface area contributed by atoms with E-state index in [1.807, 2.05) is 37.3 Å². The van der Waals surface area contributed by atoms with Crippen LogP contribution in [0.5, 0.6) is 0 Å². The molecule has 0 aliphatic rings. The number of rotatable bonds is 4. The molecule has 0 saturated heterocycles. The molecule has 0 spiro atoms. The van der Waals surface area contributed by atoms with Crippen molar-refractivity contribution in [1.29, 1.82) is 0 Å². The standard InChI is InChI=1S/C22H17N3O4/c1-13-10-11-15(12-19(13)25(27)28)21(26)23-17-8-5-6-16(14(17)2)22-24-18-7-3-4-9-20(18)29-22/h3-12H,1-2H3,(H,23,26). The van der Waals surface area contributed by atoms with Gasteiger partial charge >= 0.3 is 0 Å². The molecule has 3 aromatic carbocycles. The molecule has 7 nitrogen and oxygen atoms in total. The number of hydrogen-bond acceptors (Lipinski definition) is 5. The molecule has 0 bridgehead atoms. The van der Waals surface area contributed by atoms with Crippen molar-refractivity contribution in [1.82, 2.24) is 4.98 Å². The van der Waals surface area contributed by atoms with Gasteiger partial charge in [-0.05, 0) is 49.7 Å². The molecule has 0 aliphatic heterocycles. The number of carbonyl (C=O) groups excluding carboxylic acids is 1. The topological polar surface area (TPSA) is 98.3 Å². The smallest absolute Gasteiger partial charge is 0.273 e. The summed E-state index contributed by atoms with van der Waals surface area (Å²) in [6, 6.07) is 17.3. The molecule has 0 saturated carbocycles. The Labute approximate surface area is 166 Å². The molecule has 0 radical (unpaired) electrons. The Morgan fingerprint density at radius 1 is 1.07 bits per heavy atom. The summed E-state index contributed by atoms with van der Waals surface area (Å²) in [4.78, 5) is 27.8. The molecule has 29 heavy (non-hydrogen) atoms. The van der Waals surface area contributed by atoms with Gasteiger partial charge in [0.05, 0.1) is 4.92 Å². The van der Waals surface area contributed by atoms with Crippen LogP contribution in [0.3, 0.4) is 0 Å². The van der Waals surface area contributed by atoms with Gasteiger partial charge in [-0.2, -0.15) is 0 Å². The summed E-state index contributed by atoms with van der Waals surface area (Å²) in [5.41, 5.74) is 4.19. The molecule has 1 heterocycles. The maximum atomic E-state index is 12.7. The lowest BCUT2D eigenvalue weighted by Gasteiger charge is -2.11. The molecule has 144 valence electrons. The molecule has 1 amide bonds. The quantitative estimate of drug-likeness (QED) is 0.380. The number of hydrogen-bond donors (Lipinski definition) is 1. The number of anilines is 1. The second kappa shape index (κ2) is 7.20. The second-order valence-electron chi connectivity index (χ2n) is 6.68. The lowest BCUT2D eigenvalue weighted by Crippen LogP contribution is -2.13. The van der Waals surface area contributed by atoms with Gasteiger partial charge in [0.25, 0.3) is 11.6 Å². The van der Waals surface area contributed by atoms with Crippen molar-refractivity contribution in [3.63, 3.8) is 0 Å². The number of aromatic nitrogens is 1. The molecule has 7 heteroatoms. The second-order valence-corrected chi connectivity index (χ2v) is 6.68. The summed E-state index contributed by atoms with van der Waals surface area (Å²) in [5.74, 6) is 0.0386. The Bertz CT molecular complexity index is 1230. The molecule has 0 aliphatic carbocycles. The first kappa shape index (κ1) is 18.4. The Hall–Kier alpha value is -4.00. The number of carbonyl (C=O) groups is 1. The van der Waals surface area contributed by atoms with Crippen molar-refractivity contribution >= 4 is 28.4 Å². The van der Waals surface area contributed by atoms with E-state index in [1.54, 1.807) is 31.2 Å². The van der Waals surface area contributed by atoms with Gasteiger partial charge in [-0.3, -0.25) is 14.9 Å². The summed E-state index contributed by atoms with van der Waals surface area (Å²) in [5, 5.41) is 14.0.